The molecular formula is C11H20F3NO3S. The van der Waals surface area contributed by atoms with E-state index >= 15 is 0 Å². The van der Waals surface area contributed by atoms with E-state index in [1.165, 1.54) is 6.92 Å². The summed E-state index contributed by atoms with van der Waals surface area (Å²) in [5, 5.41) is 10.4. The van der Waals surface area contributed by atoms with Gasteiger partial charge in [0.1, 0.15) is 0 Å². The van der Waals surface area contributed by atoms with E-state index in [1.54, 1.807) is 0 Å². The molecule has 114 valence electrons. The van der Waals surface area contributed by atoms with Gasteiger partial charge in [-0.2, -0.15) is 13.2 Å². The summed E-state index contributed by atoms with van der Waals surface area (Å²) in [6, 6.07) is 0. The molecule has 1 rings (SSSR count). The molecule has 2 atom stereocenters. The number of alkyl halides is 3. The van der Waals surface area contributed by atoms with Gasteiger partial charge in [0.05, 0.1) is 17.1 Å². The van der Waals surface area contributed by atoms with Crippen molar-refractivity contribution in [2.75, 3.05) is 18.1 Å². The van der Waals surface area contributed by atoms with Crippen molar-refractivity contribution in [3.63, 3.8) is 0 Å². The second-order valence-corrected chi connectivity index (χ2v) is 7.75. The van der Waals surface area contributed by atoms with Crippen LogP contribution in [0.1, 0.15) is 32.6 Å². The Labute approximate surface area is 111 Å². The van der Waals surface area contributed by atoms with Gasteiger partial charge in [-0.15, -0.1) is 0 Å². The summed E-state index contributed by atoms with van der Waals surface area (Å²) in [6.45, 7) is 1.34. The van der Waals surface area contributed by atoms with Crippen LogP contribution in [-0.4, -0.2) is 43.4 Å². The zero-order chi connectivity index (χ0) is 14.9. The van der Waals surface area contributed by atoms with Crippen LogP contribution < -0.4 is 5.73 Å². The zero-order valence-corrected chi connectivity index (χ0v) is 11.6. The molecule has 0 aromatic heterocycles. The molecule has 3 N–H and O–H groups in total. The fourth-order valence-electron chi connectivity index (χ4n) is 2.62. The standard InChI is InChI=1S/C11H20F3NO3S/c1-9(16,3-2-4-11(12,13)14)10(7-15)5-6-19(17,18)8-10/h16H,2-8,15H2,1H3. The summed E-state index contributed by atoms with van der Waals surface area (Å²) in [5.41, 5.74) is 3.05. The lowest BCUT2D eigenvalue weighted by atomic mass is 9.70. The average molecular weight is 303 g/mol. The Bertz CT molecular complexity index is 419. The summed E-state index contributed by atoms with van der Waals surface area (Å²) in [4.78, 5) is 0. The number of hydrogen-bond donors (Lipinski definition) is 2. The molecule has 1 aliphatic rings. The van der Waals surface area contributed by atoms with Gasteiger partial charge in [-0.25, -0.2) is 8.42 Å². The van der Waals surface area contributed by atoms with Crippen LogP contribution in [0.3, 0.4) is 0 Å². The molecule has 2 unspecified atom stereocenters. The molecule has 0 radical (unpaired) electrons. The van der Waals surface area contributed by atoms with Crippen molar-refractivity contribution < 1.29 is 26.7 Å². The smallest absolute Gasteiger partial charge is 0.389 e. The Balaban J connectivity index is 2.74. The third kappa shape index (κ3) is 4.06. The van der Waals surface area contributed by atoms with Gasteiger partial charge in [-0.1, -0.05) is 0 Å². The van der Waals surface area contributed by atoms with Crippen LogP contribution in [0.5, 0.6) is 0 Å². The molecule has 1 aliphatic heterocycles. The maximum atomic E-state index is 12.1. The highest BCUT2D eigenvalue weighted by atomic mass is 32.2. The minimum absolute atomic E-state index is 0.0503. The molecule has 8 heteroatoms. The van der Waals surface area contributed by atoms with Crippen molar-refractivity contribution in [3.8, 4) is 0 Å². The zero-order valence-electron chi connectivity index (χ0n) is 10.8. The highest BCUT2D eigenvalue weighted by molar-refractivity contribution is 7.91. The summed E-state index contributed by atoms with van der Waals surface area (Å²) in [6.07, 6.45) is -5.41. The van der Waals surface area contributed by atoms with Crippen LogP contribution >= 0.6 is 0 Å². The lowest BCUT2D eigenvalue weighted by Crippen LogP contribution is -2.51. The fourth-order valence-corrected chi connectivity index (χ4v) is 4.88. The molecule has 4 nitrogen and oxygen atoms in total. The topological polar surface area (TPSA) is 80.4 Å². The summed E-state index contributed by atoms with van der Waals surface area (Å²) in [5.74, 6) is -0.324. The van der Waals surface area contributed by atoms with Gasteiger partial charge < -0.3 is 10.8 Å². The summed E-state index contributed by atoms with van der Waals surface area (Å²) in [7, 11) is -3.26. The van der Waals surface area contributed by atoms with Gasteiger partial charge in [0.25, 0.3) is 0 Å². The van der Waals surface area contributed by atoms with Crippen LogP contribution in [0.4, 0.5) is 13.2 Å². The molecule has 0 spiro atoms. The van der Waals surface area contributed by atoms with Crippen molar-refractivity contribution in [2.45, 2.75) is 44.4 Å². The average Bonchev–Trinajstić information content (AvgIpc) is 2.53. The summed E-state index contributed by atoms with van der Waals surface area (Å²) < 4.78 is 59.4. The lowest BCUT2D eigenvalue weighted by molar-refractivity contribution is -0.140. The van der Waals surface area contributed by atoms with E-state index < -0.39 is 33.5 Å². The highest BCUT2D eigenvalue weighted by Gasteiger charge is 2.52. The first-order chi connectivity index (χ1) is 8.43. The monoisotopic (exact) mass is 303 g/mol. The van der Waals surface area contributed by atoms with Crippen molar-refractivity contribution in [3.05, 3.63) is 0 Å². The molecule has 0 amide bonds. The molecule has 0 aromatic carbocycles. The minimum atomic E-state index is -4.27. The predicted molar refractivity (Wildman–Crippen MR) is 65.3 cm³/mol. The first-order valence-electron chi connectivity index (χ1n) is 6.13. The third-order valence-electron chi connectivity index (χ3n) is 4.04. The molecule has 1 heterocycles. The van der Waals surface area contributed by atoms with Crippen LogP contribution in [0.25, 0.3) is 0 Å². The Hall–Kier alpha value is -0.340. The molecule has 0 aromatic rings. The maximum Gasteiger partial charge on any atom is 0.389 e. The number of rotatable bonds is 5. The maximum absolute atomic E-state index is 12.1. The van der Waals surface area contributed by atoms with E-state index in [-0.39, 0.29) is 37.3 Å². The number of aliphatic hydroxyl groups is 1. The molecule has 0 saturated carbocycles. The van der Waals surface area contributed by atoms with Crippen LogP contribution in [-0.2, 0) is 9.84 Å². The van der Waals surface area contributed by atoms with Gasteiger partial charge in [0.2, 0.25) is 0 Å². The fraction of sp³-hybridized carbons (Fsp3) is 1.00. The van der Waals surface area contributed by atoms with Gasteiger partial charge >= 0.3 is 6.18 Å². The normalized spacial score (nSPS) is 30.2. The quantitative estimate of drug-likeness (QED) is 0.800. The second-order valence-electron chi connectivity index (χ2n) is 5.57. The molecule has 1 saturated heterocycles. The van der Waals surface area contributed by atoms with E-state index in [2.05, 4.69) is 0 Å². The molecule has 0 aliphatic carbocycles. The van der Waals surface area contributed by atoms with Gasteiger partial charge in [-0.05, 0) is 26.2 Å². The molecule has 19 heavy (non-hydrogen) atoms. The predicted octanol–water partition coefficient (Wildman–Crippen LogP) is 1.23. The van der Waals surface area contributed by atoms with Crippen molar-refractivity contribution in [2.24, 2.45) is 11.1 Å². The van der Waals surface area contributed by atoms with E-state index in [0.717, 1.165) is 0 Å². The van der Waals surface area contributed by atoms with Gasteiger partial charge in [0, 0.05) is 18.4 Å². The van der Waals surface area contributed by atoms with E-state index in [4.69, 9.17) is 5.73 Å². The number of hydrogen-bond acceptors (Lipinski definition) is 4. The van der Waals surface area contributed by atoms with Crippen molar-refractivity contribution in [1.29, 1.82) is 0 Å². The Morgan fingerprint density at radius 3 is 2.26 bits per heavy atom. The number of halogens is 3. The van der Waals surface area contributed by atoms with Gasteiger partial charge in [0.15, 0.2) is 9.84 Å². The van der Waals surface area contributed by atoms with Crippen LogP contribution in [0.2, 0.25) is 0 Å². The first kappa shape index (κ1) is 16.7. The molecule has 0 bridgehead atoms. The van der Waals surface area contributed by atoms with E-state index in [0.29, 0.717) is 0 Å². The largest absolute Gasteiger partial charge is 0.390 e. The lowest BCUT2D eigenvalue weighted by Gasteiger charge is -2.41. The van der Waals surface area contributed by atoms with E-state index in [1.807, 2.05) is 0 Å². The van der Waals surface area contributed by atoms with Crippen molar-refractivity contribution in [1.82, 2.24) is 0 Å². The van der Waals surface area contributed by atoms with Gasteiger partial charge in [-0.3, -0.25) is 0 Å². The Morgan fingerprint density at radius 1 is 1.32 bits per heavy atom. The Morgan fingerprint density at radius 2 is 1.89 bits per heavy atom. The first-order valence-corrected chi connectivity index (χ1v) is 7.95. The number of nitrogens with two attached hydrogens (primary N) is 1. The highest BCUT2D eigenvalue weighted by Crippen LogP contribution is 2.44. The van der Waals surface area contributed by atoms with Crippen molar-refractivity contribution >= 4 is 9.84 Å². The second kappa shape index (κ2) is 5.21. The van der Waals surface area contributed by atoms with Crippen LogP contribution in [0, 0.1) is 5.41 Å². The minimum Gasteiger partial charge on any atom is -0.390 e. The van der Waals surface area contributed by atoms with Crippen LogP contribution in [0.15, 0.2) is 0 Å². The third-order valence-corrected chi connectivity index (χ3v) is 5.86. The summed E-state index contributed by atoms with van der Waals surface area (Å²) >= 11 is 0. The SMILES string of the molecule is CC(O)(CCCC(F)(F)F)C1(CN)CCS(=O)(=O)C1. The molecular weight excluding hydrogens is 283 g/mol. The van der Waals surface area contributed by atoms with E-state index in [9.17, 15) is 26.7 Å². The number of sulfone groups is 1. The molecule has 1 fully saturated rings. The Kier molecular flexibility index (Phi) is 4.59.